The summed E-state index contributed by atoms with van der Waals surface area (Å²) in [6.07, 6.45) is 2.02. The van der Waals surface area contributed by atoms with E-state index in [0.717, 1.165) is 19.4 Å². The fourth-order valence-electron chi connectivity index (χ4n) is 1.24. The second kappa shape index (κ2) is 6.54. The molecule has 0 N–H and O–H groups in total. The van der Waals surface area contributed by atoms with E-state index in [1.165, 1.54) is 0 Å². The lowest BCUT2D eigenvalue weighted by Gasteiger charge is -2.30. The number of hydrogen-bond acceptors (Lipinski definition) is 3. The molecule has 0 aliphatic rings. The second-order valence-electron chi connectivity index (χ2n) is 3.17. The maximum atomic E-state index is 5.72. The van der Waals surface area contributed by atoms with Crippen molar-refractivity contribution < 1.29 is 13.3 Å². The molecule has 0 aromatic heterocycles. The Morgan fingerprint density at radius 2 is 1.69 bits per heavy atom. The molecular formula is C9H22O3Si. The normalized spacial score (nSPS) is 14.5. The van der Waals surface area contributed by atoms with E-state index in [2.05, 4.69) is 20.8 Å². The van der Waals surface area contributed by atoms with Crippen molar-refractivity contribution in [3.05, 3.63) is 0 Å². The zero-order valence-corrected chi connectivity index (χ0v) is 10.4. The third-order valence-electron chi connectivity index (χ3n) is 2.29. The van der Waals surface area contributed by atoms with Crippen molar-refractivity contribution >= 4 is 8.80 Å². The van der Waals surface area contributed by atoms with Crippen molar-refractivity contribution in [1.29, 1.82) is 0 Å². The molecular weight excluding hydrogens is 184 g/mol. The van der Waals surface area contributed by atoms with Gasteiger partial charge in [-0.15, -0.1) is 0 Å². The summed E-state index contributed by atoms with van der Waals surface area (Å²) in [5, 5.41) is 0. The lowest BCUT2D eigenvalue weighted by molar-refractivity contribution is 0.0883. The molecule has 4 heteroatoms. The molecule has 0 saturated heterocycles. The minimum atomic E-state index is -2.37. The van der Waals surface area contributed by atoms with Crippen LogP contribution in [0.15, 0.2) is 0 Å². The Labute approximate surface area is 82.8 Å². The molecule has 3 nitrogen and oxygen atoms in total. The van der Waals surface area contributed by atoms with Crippen molar-refractivity contribution in [3.63, 3.8) is 0 Å². The van der Waals surface area contributed by atoms with Crippen LogP contribution in [0.2, 0.25) is 5.54 Å². The Morgan fingerprint density at radius 3 is 2.00 bits per heavy atom. The van der Waals surface area contributed by atoms with E-state index < -0.39 is 8.80 Å². The highest BCUT2D eigenvalue weighted by Gasteiger charge is 2.44. The van der Waals surface area contributed by atoms with Gasteiger partial charge in [0, 0.05) is 26.4 Å². The molecule has 0 aromatic rings. The molecule has 0 aliphatic carbocycles. The average molecular weight is 206 g/mol. The van der Waals surface area contributed by atoms with Crippen LogP contribution < -0.4 is 0 Å². The van der Waals surface area contributed by atoms with Crippen LogP contribution in [0.25, 0.3) is 0 Å². The van der Waals surface area contributed by atoms with Gasteiger partial charge in [0.25, 0.3) is 0 Å². The predicted molar refractivity (Wildman–Crippen MR) is 55.7 cm³/mol. The molecule has 1 atom stereocenters. The first-order chi connectivity index (χ1) is 6.16. The Morgan fingerprint density at radius 1 is 1.15 bits per heavy atom. The Kier molecular flexibility index (Phi) is 6.58. The van der Waals surface area contributed by atoms with Crippen LogP contribution in [0.5, 0.6) is 0 Å². The van der Waals surface area contributed by atoms with Crippen molar-refractivity contribution in [1.82, 2.24) is 0 Å². The highest BCUT2D eigenvalue weighted by atomic mass is 28.4. The lowest BCUT2D eigenvalue weighted by Crippen LogP contribution is -2.47. The van der Waals surface area contributed by atoms with E-state index in [-0.39, 0.29) is 0 Å². The zero-order chi connectivity index (χ0) is 10.3. The molecule has 1 unspecified atom stereocenters. The van der Waals surface area contributed by atoms with Gasteiger partial charge in [-0.25, -0.2) is 0 Å². The molecule has 0 spiro atoms. The fraction of sp³-hybridized carbons (Fsp3) is 1.00. The summed E-state index contributed by atoms with van der Waals surface area (Å²) >= 11 is 0. The van der Waals surface area contributed by atoms with Crippen LogP contribution in [-0.4, -0.2) is 29.6 Å². The van der Waals surface area contributed by atoms with Gasteiger partial charge in [0.05, 0.1) is 0 Å². The Balaban J connectivity index is 4.29. The maximum Gasteiger partial charge on any atom is 0.503 e. The van der Waals surface area contributed by atoms with Crippen LogP contribution in [-0.2, 0) is 13.3 Å². The van der Waals surface area contributed by atoms with Crippen LogP contribution in [0, 0.1) is 0 Å². The summed E-state index contributed by atoms with van der Waals surface area (Å²) in [6, 6.07) is 0. The van der Waals surface area contributed by atoms with Crippen LogP contribution in [0.1, 0.15) is 33.6 Å². The van der Waals surface area contributed by atoms with Gasteiger partial charge in [0.15, 0.2) is 0 Å². The smallest absolute Gasteiger partial charge is 0.377 e. The monoisotopic (exact) mass is 206 g/mol. The lowest BCUT2D eigenvalue weighted by atomic mass is 10.4. The topological polar surface area (TPSA) is 27.7 Å². The summed E-state index contributed by atoms with van der Waals surface area (Å²) in [7, 11) is 0.988. The van der Waals surface area contributed by atoms with E-state index in [0.29, 0.717) is 5.54 Å². The first-order valence-electron chi connectivity index (χ1n) is 4.91. The maximum absolute atomic E-state index is 5.72. The van der Waals surface area contributed by atoms with E-state index in [1.807, 2.05) is 0 Å². The molecule has 0 heterocycles. The first kappa shape index (κ1) is 13.1. The standard InChI is InChI=1S/C9H22O3Si/c1-6-8-12-13(10-4,11-5)9(3)7-2/h9H,6-8H2,1-5H3. The van der Waals surface area contributed by atoms with E-state index in [9.17, 15) is 0 Å². The molecule has 0 fully saturated rings. The van der Waals surface area contributed by atoms with Crippen molar-refractivity contribution in [2.45, 2.75) is 39.2 Å². The Hall–Kier alpha value is 0.0969. The molecule has 0 aliphatic heterocycles. The van der Waals surface area contributed by atoms with Gasteiger partial charge < -0.3 is 13.3 Å². The highest BCUT2D eigenvalue weighted by Crippen LogP contribution is 2.27. The molecule has 0 aromatic carbocycles. The summed E-state index contributed by atoms with van der Waals surface area (Å²) in [5.41, 5.74) is 0.369. The van der Waals surface area contributed by atoms with Crippen molar-refractivity contribution in [2.75, 3.05) is 20.8 Å². The van der Waals surface area contributed by atoms with Gasteiger partial charge >= 0.3 is 8.80 Å². The average Bonchev–Trinajstić information content (AvgIpc) is 2.19. The van der Waals surface area contributed by atoms with Crippen LogP contribution in [0.4, 0.5) is 0 Å². The van der Waals surface area contributed by atoms with Crippen molar-refractivity contribution in [2.24, 2.45) is 0 Å². The third-order valence-corrected chi connectivity index (χ3v) is 5.65. The van der Waals surface area contributed by atoms with E-state index >= 15 is 0 Å². The summed E-state index contributed by atoms with van der Waals surface area (Å²) in [4.78, 5) is 0. The van der Waals surface area contributed by atoms with Gasteiger partial charge in [0.2, 0.25) is 0 Å². The zero-order valence-electron chi connectivity index (χ0n) is 9.42. The quantitative estimate of drug-likeness (QED) is 0.599. The molecule has 80 valence electrons. The highest BCUT2D eigenvalue weighted by molar-refractivity contribution is 6.62. The Bertz CT molecular complexity index is 126. The minimum Gasteiger partial charge on any atom is -0.377 e. The fourth-order valence-corrected chi connectivity index (χ4v) is 3.72. The number of rotatable bonds is 7. The molecule has 13 heavy (non-hydrogen) atoms. The van der Waals surface area contributed by atoms with Crippen LogP contribution in [0.3, 0.4) is 0 Å². The van der Waals surface area contributed by atoms with E-state index in [4.69, 9.17) is 13.3 Å². The van der Waals surface area contributed by atoms with Crippen LogP contribution >= 0.6 is 0 Å². The molecule has 0 rings (SSSR count). The summed E-state index contributed by atoms with van der Waals surface area (Å²) < 4.78 is 16.6. The van der Waals surface area contributed by atoms with Gasteiger partial charge in [-0.3, -0.25) is 0 Å². The largest absolute Gasteiger partial charge is 0.503 e. The molecule has 0 bridgehead atoms. The van der Waals surface area contributed by atoms with Gasteiger partial charge in [0.1, 0.15) is 0 Å². The number of hydrogen-bond donors (Lipinski definition) is 0. The molecule has 0 radical (unpaired) electrons. The second-order valence-corrected chi connectivity index (χ2v) is 6.47. The van der Waals surface area contributed by atoms with Gasteiger partial charge in [-0.05, 0) is 12.8 Å². The first-order valence-corrected chi connectivity index (χ1v) is 6.71. The predicted octanol–water partition coefficient (Wildman–Crippen LogP) is 2.44. The van der Waals surface area contributed by atoms with Gasteiger partial charge in [-0.1, -0.05) is 20.8 Å². The van der Waals surface area contributed by atoms with E-state index in [1.54, 1.807) is 14.2 Å². The van der Waals surface area contributed by atoms with Gasteiger partial charge in [-0.2, -0.15) is 0 Å². The summed E-state index contributed by atoms with van der Waals surface area (Å²) in [6.45, 7) is 7.05. The molecule has 0 amide bonds. The third kappa shape index (κ3) is 3.38. The van der Waals surface area contributed by atoms with Crippen molar-refractivity contribution in [3.8, 4) is 0 Å². The molecule has 0 saturated carbocycles. The summed E-state index contributed by atoms with van der Waals surface area (Å²) in [5.74, 6) is 0. The SMILES string of the molecule is CCCO[Si](OC)(OC)C(C)CC. The minimum absolute atomic E-state index is 0.369.